The van der Waals surface area contributed by atoms with Gasteiger partial charge in [-0.05, 0) is 6.42 Å². The van der Waals surface area contributed by atoms with Gasteiger partial charge >= 0.3 is 0 Å². The van der Waals surface area contributed by atoms with Gasteiger partial charge in [0.15, 0.2) is 0 Å². The minimum atomic E-state index is -0.235. The molecule has 0 N–H and O–H groups in total. The number of imide groups is 1. The number of amides is 2. The molecule has 1 aliphatic rings. The van der Waals surface area contributed by atoms with Crippen LogP contribution in [-0.2, 0) is 9.59 Å². The summed E-state index contributed by atoms with van der Waals surface area (Å²) in [7, 11) is 0. The molecule has 1 aliphatic heterocycles. The Morgan fingerprint density at radius 3 is 2.50 bits per heavy atom. The van der Waals surface area contributed by atoms with E-state index < -0.39 is 0 Å². The van der Waals surface area contributed by atoms with Crippen LogP contribution in [0.1, 0.15) is 19.8 Å². The first-order valence-corrected chi connectivity index (χ1v) is 5.65. The molecule has 0 radical (unpaired) electrons. The van der Waals surface area contributed by atoms with Crippen LogP contribution in [0.2, 0.25) is 0 Å². The van der Waals surface area contributed by atoms with Crippen molar-refractivity contribution in [2.24, 2.45) is 0 Å². The Hall–Kier alpha value is -1.02. The number of rotatable bonds is 3. The number of hydrogen-bond acceptors (Lipinski definition) is 4. The summed E-state index contributed by atoms with van der Waals surface area (Å²) in [6.45, 7) is 1.88. The zero-order valence-corrected chi connectivity index (χ0v) is 8.84. The van der Waals surface area contributed by atoms with Crippen LogP contribution < -0.4 is 0 Å². The maximum absolute atomic E-state index is 11.5. The zero-order chi connectivity index (χ0) is 10.6. The summed E-state index contributed by atoms with van der Waals surface area (Å²) in [4.78, 5) is 24.2. The molecule has 0 aliphatic carbocycles. The lowest BCUT2D eigenvalue weighted by molar-refractivity contribution is -0.144. The molecule has 0 aromatic rings. The number of hydrogen-bond donors (Lipinski definition) is 0. The standard InChI is InChI=1S/C9H12N2O2S/c1-2-7(3-4-10)11-8(12)5-14-6-9(11)13/h7H,2-3,5-6H2,1H3. The van der Waals surface area contributed by atoms with Gasteiger partial charge in [0.05, 0.1) is 30.0 Å². The van der Waals surface area contributed by atoms with Crippen LogP contribution in [0.5, 0.6) is 0 Å². The maximum atomic E-state index is 11.5. The Balaban J connectivity index is 2.75. The van der Waals surface area contributed by atoms with E-state index in [9.17, 15) is 9.59 Å². The molecule has 14 heavy (non-hydrogen) atoms. The molecule has 2 amide bonds. The third kappa shape index (κ3) is 2.26. The van der Waals surface area contributed by atoms with E-state index in [0.29, 0.717) is 17.9 Å². The number of nitriles is 1. The monoisotopic (exact) mass is 212 g/mol. The summed E-state index contributed by atoms with van der Waals surface area (Å²) in [6, 6.07) is 1.77. The fourth-order valence-electron chi connectivity index (χ4n) is 1.43. The second kappa shape index (κ2) is 5.01. The van der Waals surface area contributed by atoms with E-state index in [4.69, 9.17) is 5.26 Å². The fourth-order valence-corrected chi connectivity index (χ4v) is 2.16. The van der Waals surface area contributed by atoms with Gasteiger partial charge in [0.2, 0.25) is 11.8 Å². The summed E-state index contributed by atoms with van der Waals surface area (Å²) in [5, 5.41) is 8.57. The van der Waals surface area contributed by atoms with Gasteiger partial charge in [0.25, 0.3) is 0 Å². The highest BCUT2D eigenvalue weighted by Crippen LogP contribution is 2.18. The number of carbonyl (C=O) groups excluding carboxylic acids is 2. The van der Waals surface area contributed by atoms with Crippen LogP contribution in [0.25, 0.3) is 0 Å². The Bertz CT molecular complexity index is 269. The molecule has 0 aromatic carbocycles. The molecule has 1 saturated heterocycles. The number of nitrogens with zero attached hydrogens (tertiary/aromatic N) is 2. The van der Waals surface area contributed by atoms with Crippen molar-refractivity contribution in [3.8, 4) is 6.07 Å². The number of carbonyl (C=O) groups is 2. The number of thioether (sulfide) groups is 1. The Kier molecular flexibility index (Phi) is 3.96. The van der Waals surface area contributed by atoms with Gasteiger partial charge < -0.3 is 0 Å². The van der Waals surface area contributed by atoms with Crippen LogP contribution in [0.3, 0.4) is 0 Å². The molecule has 4 nitrogen and oxygen atoms in total. The lowest BCUT2D eigenvalue weighted by Crippen LogP contribution is -2.48. The average Bonchev–Trinajstić information content (AvgIpc) is 2.16. The fraction of sp³-hybridized carbons (Fsp3) is 0.667. The van der Waals surface area contributed by atoms with Crippen molar-refractivity contribution < 1.29 is 9.59 Å². The Morgan fingerprint density at radius 2 is 2.07 bits per heavy atom. The van der Waals surface area contributed by atoms with Crippen LogP contribution in [0.4, 0.5) is 0 Å². The summed E-state index contributed by atoms with van der Waals surface area (Å²) in [6.07, 6.45) is 0.883. The summed E-state index contributed by atoms with van der Waals surface area (Å²) < 4.78 is 0. The smallest absolute Gasteiger partial charge is 0.239 e. The second-order valence-corrected chi connectivity index (χ2v) is 4.06. The lowest BCUT2D eigenvalue weighted by Gasteiger charge is -2.30. The van der Waals surface area contributed by atoms with Crippen molar-refractivity contribution >= 4 is 23.6 Å². The van der Waals surface area contributed by atoms with Crippen LogP contribution in [-0.4, -0.2) is 34.3 Å². The quantitative estimate of drug-likeness (QED) is 0.649. The molecule has 5 heteroatoms. The molecule has 0 spiro atoms. The molecule has 1 fully saturated rings. The van der Waals surface area contributed by atoms with E-state index in [0.717, 1.165) is 0 Å². The van der Waals surface area contributed by atoms with Gasteiger partial charge in [0.1, 0.15) is 0 Å². The minimum absolute atomic E-state index is 0.159. The third-order valence-corrected chi connectivity index (χ3v) is 3.05. The molecule has 0 saturated carbocycles. The van der Waals surface area contributed by atoms with Crippen molar-refractivity contribution in [1.29, 1.82) is 5.26 Å². The van der Waals surface area contributed by atoms with Crippen molar-refractivity contribution in [2.75, 3.05) is 11.5 Å². The van der Waals surface area contributed by atoms with E-state index in [-0.39, 0.29) is 24.3 Å². The van der Waals surface area contributed by atoms with Crippen LogP contribution in [0, 0.1) is 11.3 Å². The van der Waals surface area contributed by atoms with Gasteiger partial charge in [0, 0.05) is 0 Å². The predicted molar refractivity (Wildman–Crippen MR) is 53.5 cm³/mol. The molecule has 1 heterocycles. The van der Waals surface area contributed by atoms with Crippen molar-refractivity contribution in [2.45, 2.75) is 25.8 Å². The van der Waals surface area contributed by atoms with Crippen molar-refractivity contribution in [3.05, 3.63) is 0 Å². The zero-order valence-electron chi connectivity index (χ0n) is 8.02. The van der Waals surface area contributed by atoms with Gasteiger partial charge in [-0.25, -0.2) is 0 Å². The highest BCUT2D eigenvalue weighted by Gasteiger charge is 2.31. The van der Waals surface area contributed by atoms with Crippen LogP contribution >= 0.6 is 11.8 Å². The second-order valence-electron chi connectivity index (χ2n) is 3.07. The molecule has 1 unspecified atom stereocenters. The first-order chi connectivity index (χ1) is 6.70. The molecule has 76 valence electrons. The van der Waals surface area contributed by atoms with Gasteiger partial charge in [-0.2, -0.15) is 5.26 Å². The minimum Gasteiger partial charge on any atom is -0.277 e. The predicted octanol–water partition coefficient (Wildman–Crippen LogP) is 0.781. The van der Waals surface area contributed by atoms with Gasteiger partial charge in [-0.15, -0.1) is 11.8 Å². The summed E-state index contributed by atoms with van der Waals surface area (Å²) in [5.41, 5.74) is 0. The van der Waals surface area contributed by atoms with E-state index >= 15 is 0 Å². The molecular formula is C9H12N2O2S. The largest absolute Gasteiger partial charge is 0.277 e. The molecule has 0 aromatic heterocycles. The first kappa shape index (κ1) is 11.1. The van der Waals surface area contributed by atoms with Crippen molar-refractivity contribution in [3.63, 3.8) is 0 Å². The Labute approximate surface area is 87.3 Å². The van der Waals surface area contributed by atoms with E-state index in [2.05, 4.69) is 0 Å². The topological polar surface area (TPSA) is 61.2 Å². The first-order valence-electron chi connectivity index (χ1n) is 4.50. The van der Waals surface area contributed by atoms with E-state index in [1.165, 1.54) is 16.7 Å². The SMILES string of the molecule is CCC(CC#N)N1C(=O)CSCC1=O. The van der Waals surface area contributed by atoms with Crippen LogP contribution in [0.15, 0.2) is 0 Å². The average molecular weight is 212 g/mol. The molecular weight excluding hydrogens is 200 g/mol. The van der Waals surface area contributed by atoms with Gasteiger partial charge in [-0.3, -0.25) is 14.5 Å². The highest BCUT2D eigenvalue weighted by molar-refractivity contribution is 8.00. The van der Waals surface area contributed by atoms with E-state index in [1.807, 2.05) is 13.0 Å². The summed E-state index contributed by atoms with van der Waals surface area (Å²) in [5.74, 6) is 0.392. The van der Waals surface area contributed by atoms with Gasteiger partial charge in [-0.1, -0.05) is 6.92 Å². The Morgan fingerprint density at radius 1 is 1.50 bits per heavy atom. The maximum Gasteiger partial charge on any atom is 0.239 e. The highest BCUT2D eigenvalue weighted by atomic mass is 32.2. The van der Waals surface area contributed by atoms with Crippen molar-refractivity contribution in [1.82, 2.24) is 4.90 Å². The molecule has 1 rings (SSSR count). The molecule has 1 atom stereocenters. The lowest BCUT2D eigenvalue weighted by atomic mass is 10.1. The summed E-state index contributed by atoms with van der Waals surface area (Å²) >= 11 is 1.34. The van der Waals surface area contributed by atoms with E-state index in [1.54, 1.807) is 0 Å². The molecule has 0 bridgehead atoms. The third-order valence-electron chi connectivity index (χ3n) is 2.15. The normalized spacial score (nSPS) is 19.3.